The first-order valence-corrected chi connectivity index (χ1v) is 10.1. The highest BCUT2D eigenvalue weighted by Gasteiger charge is 2.11. The molecule has 0 saturated carbocycles. The lowest BCUT2D eigenvalue weighted by atomic mass is 10.1. The van der Waals surface area contributed by atoms with E-state index in [4.69, 9.17) is 0 Å². The van der Waals surface area contributed by atoms with Gasteiger partial charge in [-0.1, -0.05) is 44.2 Å². The van der Waals surface area contributed by atoms with E-state index in [2.05, 4.69) is 10.0 Å². The van der Waals surface area contributed by atoms with Crippen LogP contribution in [0.25, 0.3) is 6.08 Å². The van der Waals surface area contributed by atoms with Crippen LogP contribution in [0.2, 0.25) is 0 Å². The number of carbonyl (C=O) groups excluding carboxylic acids is 1. The summed E-state index contributed by atoms with van der Waals surface area (Å²) in [4.78, 5) is 12.2. The first-order valence-electron chi connectivity index (χ1n) is 8.60. The van der Waals surface area contributed by atoms with Crippen molar-refractivity contribution in [2.45, 2.75) is 32.7 Å². The predicted octanol–water partition coefficient (Wildman–Crippen LogP) is 4.02. The molecule has 2 aromatic rings. The molecule has 0 aliphatic carbocycles. The summed E-state index contributed by atoms with van der Waals surface area (Å²) < 4.78 is 26.7. The van der Waals surface area contributed by atoms with Gasteiger partial charge in [-0.05, 0) is 48.7 Å². The molecular weight excluding hydrogens is 348 g/mol. The van der Waals surface area contributed by atoms with Gasteiger partial charge in [0.05, 0.1) is 5.41 Å². The average Bonchev–Trinajstić information content (AvgIpc) is 2.65. The molecule has 0 radical (unpaired) electrons. The molecule has 26 heavy (non-hydrogen) atoms. The fourth-order valence-electron chi connectivity index (χ4n) is 2.38. The van der Waals surface area contributed by atoms with Crippen LogP contribution in [0.1, 0.15) is 42.6 Å². The Hall–Kier alpha value is -2.60. The summed E-state index contributed by atoms with van der Waals surface area (Å²) in [6.07, 6.45) is 3.27. The minimum atomic E-state index is -3.62. The minimum Gasteiger partial charge on any atom is -0.349 e. The van der Waals surface area contributed by atoms with E-state index in [0.717, 1.165) is 23.8 Å². The molecule has 2 rings (SSSR count). The summed E-state index contributed by atoms with van der Waals surface area (Å²) in [5, 5.41) is 4.07. The smallest absolute Gasteiger partial charge is 0.255 e. The normalized spacial score (nSPS) is 11.7. The summed E-state index contributed by atoms with van der Waals surface area (Å²) >= 11 is 0. The molecule has 0 fully saturated rings. The maximum atomic E-state index is 12.2. The van der Waals surface area contributed by atoms with Crippen LogP contribution in [0.3, 0.4) is 0 Å². The molecule has 2 N–H and O–H groups in total. The second-order valence-electron chi connectivity index (χ2n) is 5.92. The first-order chi connectivity index (χ1) is 12.4. The third-order valence-corrected chi connectivity index (χ3v) is 4.98. The third kappa shape index (κ3) is 6.04. The number of sulfonamides is 1. The van der Waals surface area contributed by atoms with Crippen molar-refractivity contribution in [1.29, 1.82) is 0 Å². The summed E-state index contributed by atoms with van der Waals surface area (Å²) in [5.74, 6) is -0.155. The van der Waals surface area contributed by atoms with Crippen molar-refractivity contribution in [3.05, 3.63) is 71.1 Å². The fourth-order valence-corrected chi connectivity index (χ4v) is 3.25. The highest BCUT2D eigenvalue weighted by atomic mass is 32.2. The van der Waals surface area contributed by atoms with Gasteiger partial charge in [0.1, 0.15) is 0 Å². The van der Waals surface area contributed by atoms with Crippen LogP contribution in [0.15, 0.2) is 60.0 Å². The Kier molecular flexibility index (Phi) is 6.97. The molecule has 0 saturated heterocycles. The molecular formula is C20H24N2O3S. The third-order valence-electron chi connectivity index (χ3n) is 3.97. The molecule has 0 bridgehead atoms. The molecule has 0 unspecified atom stereocenters. The molecule has 0 aliphatic rings. The Morgan fingerprint density at radius 3 is 2.19 bits per heavy atom. The Labute approximate surface area is 155 Å². The van der Waals surface area contributed by atoms with Gasteiger partial charge in [0.2, 0.25) is 0 Å². The van der Waals surface area contributed by atoms with E-state index in [0.29, 0.717) is 11.3 Å². The monoisotopic (exact) mass is 372 g/mol. The van der Waals surface area contributed by atoms with Crippen molar-refractivity contribution >= 4 is 27.7 Å². The molecule has 0 heterocycles. The lowest BCUT2D eigenvalue weighted by molar-refractivity contribution is 0.0935. The van der Waals surface area contributed by atoms with Crippen LogP contribution in [0.5, 0.6) is 0 Å². The van der Waals surface area contributed by atoms with E-state index < -0.39 is 10.0 Å². The summed E-state index contributed by atoms with van der Waals surface area (Å²) in [6.45, 7) is 4.05. The van der Waals surface area contributed by atoms with Crippen LogP contribution in [-0.4, -0.2) is 20.4 Å². The van der Waals surface area contributed by atoms with Crippen LogP contribution in [0, 0.1) is 0 Å². The van der Waals surface area contributed by atoms with E-state index in [9.17, 15) is 13.2 Å². The molecule has 6 heteroatoms. The van der Waals surface area contributed by atoms with Crippen molar-refractivity contribution in [1.82, 2.24) is 5.32 Å². The van der Waals surface area contributed by atoms with E-state index in [1.165, 1.54) is 6.08 Å². The second-order valence-corrected chi connectivity index (χ2v) is 7.49. The predicted molar refractivity (Wildman–Crippen MR) is 106 cm³/mol. The van der Waals surface area contributed by atoms with Crippen LogP contribution in [0.4, 0.5) is 5.69 Å². The minimum absolute atomic E-state index is 0.142. The van der Waals surface area contributed by atoms with E-state index in [-0.39, 0.29) is 11.9 Å². The number of benzene rings is 2. The lowest BCUT2D eigenvalue weighted by Crippen LogP contribution is -2.33. The Bertz CT molecular complexity index is 840. The van der Waals surface area contributed by atoms with Gasteiger partial charge in [-0.2, -0.15) is 0 Å². The fraction of sp³-hybridized carbons (Fsp3) is 0.250. The topological polar surface area (TPSA) is 75.3 Å². The summed E-state index contributed by atoms with van der Waals surface area (Å²) in [5.41, 5.74) is 1.70. The maximum Gasteiger partial charge on any atom is 0.255 e. The zero-order chi connectivity index (χ0) is 19.0. The molecule has 138 valence electrons. The number of hydrogen-bond acceptors (Lipinski definition) is 3. The van der Waals surface area contributed by atoms with E-state index in [1.807, 2.05) is 44.2 Å². The van der Waals surface area contributed by atoms with Gasteiger partial charge >= 0.3 is 0 Å². The molecule has 2 aromatic carbocycles. The van der Waals surface area contributed by atoms with Crippen molar-refractivity contribution < 1.29 is 13.2 Å². The van der Waals surface area contributed by atoms with Crippen LogP contribution < -0.4 is 10.0 Å². The number of amides is 1. The first kappa shape index (κ1) is 19.7. The number of carbonyl (C=O) groups is 1. The van der Waals surface area contributed by atoms with Gasteiger partial charge in [-0.15, -0.1) is 0 Å². The SMILES string of the molecule is CCC(CC)NC(=O)c1ccc(NS(=O)(=O)/C=C/c2ccccc2)cc1. The highest BCUT2D eigenvalue weighted by molar-refractivity contribution is 7.95. The van der Waals surface area contributed by atoms with Crippen LogP contribution >= 0.6 is 0 Å². The molecule has 0 atom stereocenters. The standard InChI is InChI=1S/C20H24N2O3S/c1-3-18(4-2)21-20(23)17-10-12-19(13-11-17)22-26(24,25)15-14-16-8-6-5-7-9-16/h5-15,18,22H,3-4H2,1-2H3,(H,21,23)/b15-14+. The van der Waals surface area contributed by atoms with Gasteiger partial charge in [0.15, 0.2) is 0 Å². The quantitative estimate of drug-likeness (QED) is 0.735. The van der Waals surface area contributed by atoms with Gasteiger partial charge < -0.3 is 5.32 Å². The lowest BCUT2D eigenvalue weighted by Gasteiger charge is -2.14. The number of hydrogen-bond donors (Lipinski definition) is 2. The zero-order valence-corrected chi connectivity index (χ0v) is 15.8. The van der Waals surface area contributed by atoms with Gasteiger partial charge in [-0.3, -0.25) is 9.52 Å². The van der Waals surface area contributed by atoms with E-state index >= 15 is 0 Å². The number of nitrogens with one attached hydrogen (secondary N) is 2. The van der Waals surface area contributed by atoms with E-state index in [1.54, 1.807) is 24.3 Å². The molecule has 0 aromatic heterocycles. The highest BCUT2D eigenvalue weighted by Crippen LogP contribution is 2.13. The Balaban J connectivity index is 2.02. The molecule has 0 spiro atoms. The summed E-state index contributed by atoms with van der Waals surface area (Å²) in [6, 6.07) is 15.7. The average molecular weight is 372 g/mol. The van der Waals surface area contributed by atoms with Gasteiger partial charge in [-0.25, -0.2) is 8.42 Å². The second kappa shape index (κ2) is 9.20. The van der Waals surface area contributed by atoms with Crippen LogP contribution in [-0.2, 0) is 10.0 Å². The largest absolute Gasteiger partial charge is 0.349 e. The molecule has 5 nitrogen and oxygen atoms in total. The number of anilines is 1. The Morgan fingerprint density at radius 2 is 1.62 bits per heavy atom. The van der Waals surface area contributed by atoms with Crippen molar-refractivity contribution in [2.75, 3.05) is 4.72 Å². The van der Waals surface area contributed by atoms with Crippen molar-refractivity contribution in [3.8, 4) is 0 Å². The molecule has 1 amide bonds. The zero-order valence-electron chi connectivity index (χ0n) is 15.0. The van der Waals surface area contributed by atoms with Crippen molar-refractivity contribution in [3.63, 3.8) is 0 Å². The summed E-state index contributed by atoms with van der Waals surface area (Å²) in [7, 11) is -3.62. The number of rotatable bonds is 8. The van der Waals surface area contributed by atoms with Gasteiger partial charge in [0.25, 0.3) is 15.9 Å². The molecule has 0 aliphatic heterocycles. The maximum absolute atomic E-state index is 12.2. The van der Waals surface area contributed by atoms with Gasteiger partial charge in [0, 0.05) is 17.3 Å². The van der Waals surface area contributed by atoms with Crippen molar-refractivity contribution in [2.24, 2.45) is 0 Å². The Morgan fingerprint density at radius 1 is 1.00 bits per heavy atom.